The van der Waals surface area contributed by atoms with Crippen molar-refractivity contribution in [2.75, 3.05) is 0 Å². The average Bonchev–Trinajstić information content (AvgIpc) is 2.54. The van der Waals surface area contributed by atoms with Crippen LogP contribution in [0.1, 0.15) is 82.6 Å². The maximum atomic E-state index is 2.54. The Morgan fingerprint density at radius 2 is 1.09 bits per heavy atom. The van der Waals surface area contributed by atoms with E-state index in [1.165, 1.54) is 0 Å². The largest absolute Gasteiger partial charge is 0.0764 e. The molecule has 132 valence electrons. The smallest absolute Gasteiger partial charge is 0.0124 e. The van der Waals surface area contributed by atoms with Gasteiger partial charge < -0.3 is 0 Å². The standard InChI is InChI=1S/C23H40/c1-14(2)18-12-13-19(23(9,10)11)21(16(5)6)22(17(7)8)20(18)15(3)4/h13-17H,12H2,1-11H3. The van der Waals surface area contributed by atoms with Gasteiger partial charge in [-0.25, -0.2) is 0 Å². The van der Waals surface area contributed by atoms with E-state index < -0.39 is 0 Å². The summed E-state index contributed by atoms with van der Waals surface area (Å²) in [5.74, 6) is 2.34. The van der Waals surface area contributed by atoms with Crippen molar-refractivity contribution in [3.63, 3.8) is 0 Å². The van der Waals surface area contributed by atoms with Crippen molar-refractivity contribution in [1.82, 2.24) is 0 Å². The summed E-state index contributed by atoms with van der Waals surface area (Å²) in [5.41, 5.74) is 8.33. The van der Waals surface area contributed by atoms with Gasteiger partial charge in [-0.3, -0.25) is 0 Å². The fourth-order valence-electron chi connectivity index (χ4n) is 4.08. The Balaban J connectivity index is 3.87. The summed E-state index contributed by atoms with van der Waals surface area (Å²) in [6.07, 6.45) is 3.66. The molecule has 0 spiro atoms. The third kappa shape index (κ3) is 4.40. The first kappa shape index (κ1) is 20.3. The van der Waals surface area contributed by atoms with Crippen molar-refractivity contribution in [3.05, 3.63) is 33.9 Å². The van der Waals surface area contributed by atoms with E-state index in [9.17, 15) is 0 Å². The molecule has 0 nitrogen and oxygen atoms in total. The predicted octanol–water partition coefficient (Wildman–Crippen LogP) is 7.58. The molecule has 1 aliphatic rings. The van der Waals surface area contributed by atoms with E-state index in [-0.39, 0.29) is 5.41 Å². The van der Waals surface area contributed by atoms with Gasteiger partial charge in [-0.15, -0.1) is 0 Å². The molecule has 0 amide bonds. The van der Waals surface area contributed by atoms with Gasteiger partial charge >= 0.3 is 0 Å². The fourth-order valence-corrected chi connectivity index (χ4v) is 4.08. The Kier molecular flexibility index (Phi) is 6.53. The molecule has 0 radical (unpaired) electrons. The van der Waals surface area contributed by atoms with Crippen molar-refractivity contribution in [2.45, 2.75) is 82.6 Å². The molecule has 0 fully saturated rings. The monoisotopic (exact) mass is 316 g/mol. The Morgan fingerprint density at radius 1 is 0.652 bits per heavy atom. The van der Waals surface area contributed by atoms with Crippen LogP contribution in [0, 0.1) is 29.1 Å². The molecule has 23 heavy (non-hydrogen) atoms. The summed E-state index contributed by atoms with van der Waals surface area (Å²) in [7, 11) is 0. The minimum atomic E-state index is 0.203. The van der Waals surface area contributed by atoms with E-state index in [2.05, 4.69) is 82.2 Å². The summed E-state index contributed by atoms with van der Waals surface area (Å²) >= 11 is 0. The quantitative estimate of drug-likeness (QED) is 0.501. The summed E-state index contributed by atoms with van der Waals surface area (Å²) < 4.78 is 0. The summed E-state index contributed by atoms with van der Waals surface area (Å²) in [6, 6.07) is 0. The fraction of sp³-hybridized carbons (Fsp3) is 0.739. The first-order valence-corrected chi connectivity index (χ1v) is 9.57. The minimum absolute atomic E-state index is 0.203. The molecule has 0 saturated heterocycles. The van der Waals surface area contributed by atoms with Crippen LogP contribution >= 0.6 is 0 Å². The maximum absolute atomic E-state index is 2.54. The maximum Gasteiger partial charge on any atom is -0.0124 e. The molecule has 0 unspecified atom stereocenters. The van der Waals surface area contributed by atoms with Gasteiger partial charge in [0, 0.05) is 0 Å². The van der Waals surface area contributed by atoms with Crippen molar-refractivity contribution >= 4 is 0 Å². The second-order valence-corrected chi connectivity index (χ2v) is 9.46. The van der Waals surface area contributed by atoms with Gasteiger partial charge in [0.15, 0.2) is 0 Å². The molecule has 0 aromatic carbocycles. The number of allylic oxidation sites excluding steroid dienone is 6. The van der Waals surface area contributed by atoms with Gasteiger partial charge in [0.05, 0.1) is 0 Å². The lowest BCUT2D eigenvalue weighted by atomic mass is 9.72. The Labute approximate surface area is 146 Å². The van der Waals surface area contributed by atoms with Crippen LogP contribution in [0.4, 0.5) is 0 Å². The van der Waals surface area contributed by atoms with Gasteiger partial charge in [-0.1, -0.05) is 87.8 Å². The van der Waals surface area contributed by atoms with E-state index in [1.807, 2.05) is 0 Å². The topological polar surface area (TPSA) is 0 Å². The summed E-state index contributed by atoms with van der Waals surface area (Å²) in [5, 5.41) is 0. The molecular weight excluding hydrogens is 276 g/mol. The van der Waals surface area contributed by atoms with Crippen LogP contribution in [0.5, 0.6) is 0 Å². The van der Waals surface area contributed by atoms with E-state index in [0.29, 0.717) is 23.7 Å². The highest BCUT2D eigenvalue weighted by atomic mass is 14.4. The lowest BCUT2D eigenvalue weighted by Crippen LogP contribution is -2.19. The lowest BCUT2D eigenvalue weighted by molar-refractivity contribution is 0.491. The predicted molar refractivity (Wildman–Crippen MR) is 106 cm³/mol. The number of rotatable bonds is 4. The molecule has 0 saturated carbocycles. The molecule has 0 N–H and O–H groups in total. The molecule has 0 heteroatoms. The van der Waals surface area contributed by atoms with Crippen molar-refractivity contribution in [2.24, 2.45) is 29.1 Å². The minimum Gasteiger partial charge on any atom is -0.0764 e. The van der Waals surface area contributed by atoms with Crippen LogP contribution in [0.15, 0.2) is 33.9 Å². The SMILES string of the molecule is CC(C)C1=C(C(C)C)C(C(C)C)=C(C(C)C)C(C(C)(C)C)=CC1. The summed E-state index contributed by atoms with van der Waals surface area (Å²) in [4.78, 5) is 0. The second-order valence-electron chi connectivity index (χ2n) is 9.46. The highest BCUT2D eigenvalue weighted by molar-refractivity contribution is 5.53. The molecule has 0 heterocycles. The Hall–Kier alpha value is -0.780. The van der Waals surface area contributed by atoms with Crippen LogP contribution in [-0.4, -0.2) is 0 Å². The first-order chi connectivity index (χ1) is 10.4. The first-order valence-electron chi connectivity index (χ1n) is 9.57. The third-order valence-electron chi connectivity index (χ3n) is 4.98. The second kappa shape index (κ2) is 7.41. The van der Waals surface area contributed by atoms with E-state index in [0.717, 1.165) is 6.42 Å². The zero-order valence-corrected chi connectivity index (χ0v) is 17.6. The molecule has 0 aromatic heterocycles. The molecule has 1 rings (SSSR count). The zero-order chi connectivity index (χ0) is 18.1. The van der Waals surface area contributed by atoms with Gasteiger partial charge in [-0.05, 0) is 57.8 Å². The molecule has 0 aromatic rings. The average molecular weight is 317 g/mol. The molecule has 0 aliphatic heterocycles. The van der Waals surface area contributed by atoms with E-state index in [4.69, 9.17) is 0 Å². The van der Waals surface area contributed by atoms with Crippen molar-refractivity contribution in [3.8, 4) is 0 Å². The van der Waals surface area contributed by atoms with Gasteiger partial charge in [0.25, 0.3) is 0 Å². The Morgan fingerprint density at radius 3 is 1.39 bits per heavy atom. The Bertz CT molecular complexity index is 511. The number of hydrogen-bond donors (Lipinski definition) is 0. The van der Waals surface area contributed by atoms with E-state index in [1.54, 1.807) is 27.9 Å². The van der Waals surface area contributed by atoms with Crippen LogP contribution in [-0.2, 0) is 0 Å². The third-order valence-corrected chi connectivity index (χ3v) is 4.98. The molecule has 0 bridgehead atoms. The highest BCUT2D eigenvalue weighted by Gasteiger charge is 2.31. The number of hydrogen-bond acceptors (Lipinski definition) is 0. The zero-order valence-electron chi connectivity index (χ0n) is 17.6. The van der Waals surface area contributed by atoms with Crippen LogP contribution < -0.4 is 0 Å². The normalized spacial score (nSPS) is 17.8. The lowest BCUT2D eigenvalue weighted by Gasteiger charge is -2.32. The van der Waals surface area contributed by atoms with E-state index >= 15 is 0 Å². The van der Waals surface area contributed by atoms with Crippen LogP contribution in [0.25, 0.3) is 0 Å². The van der Waals surface area contributed by atoms with Gasteiger partial charge in [-0.2, -0.15) is 0 Å². The van der Waals surface area contributed by atoms with Gasteiger partial charge in [0.2, 0.25) is 0 Å². The van der Waals surface area contributed by atoms with Crippen molar-refractivity contribution < 1.29 is 0 Å². The van der Waals surface area contributed by atoms with Crippen LogP contribution in [0.2, 0.25) is 0 Å². The highest BCUT2D eigenvalue weighted by Crippen LogP contribution is 2.46. The summed E-state index contributed by atoms with van der Waals surface area (Å²) in [6.45, 7) is 26.1. The van der Waals surface area contributed by atoms with Gasteiger partial charge in [0.1, 0.15) is 0 Å². The molecular formula is C23H40. The van der Waals surface area contributed by atoms with Crippen LogP contribution in [0.3, 0.4) is 0 Å². The van der Waals surface area contributed by atoms with Crippen molar-refractivity contribution in [1.29, 1.82) is 0 Å². The molecule has 0 atom stereocenters. The molecule has 1 aliphatic carbocycles.